The number of hydrogen-bond donors (Lipinski definition) is 1. The van der Waals surface area contributed by atoms with E-state index in [0.717, 1.165) is 11.1 Å². The maximum Gasteiger partial charge on any atom is 0.282 e. The molecule has 3 aromatic rings. The van der Waals surface area contributed by atoms with Crippen LogP contribution in [0.5, 0.6) is 0 Å². The van der Waals surface area contributed by atoms with Crippen LogP contribution in [0.25, 0.3) is 0 Å². The molecule has 1 heterocycles. The number of nitro benzene ring substituents is 1. The van der Waals surface area contributed by atoms with Crippen LogP contribution in [0.1, 0.15) is 39.9 Å². The van der Waals surface area contributed by atoms with E-state index in [2.05, 4.69) is 5.32 Å². The van der Waals surface area contributed by atoms with Crippen LogP contribution in [-0.2, 0) is 0 Å². The van der Waals surface area contributed by atoms with Crippen molar-refractivity contribution in [2.75, 3.05) is 5.32 Å². The molecule has 5 rings (SSSR count). The second-order valence-corrected chi connectivity index (χ2v) is 10.3. The van der Waals surface area contributed by atoms with E-state index in [-0.39, 0.29) is 40.2 Å². The highest BCUT2D eigenvalue weighted by atomic mass is 35.5. The average Bonchev–Trinajstić information content (AvgIpc) is 3.15. The minimum absolute atomic E-state index is 0.0269. The van der Waals surface area contributed by atoms with Gasteiger partial charge in [0.1, 0.15) is 5.82 Å². The number of nitrogens with zero attached hydrogens (tertiary/aromatic N) is 1. The molecule has 2 aliphatic rings. The summed E-state index contributed by atoms with van der Waals surface area (Å²) in [6.07, 6.45) is 0.638. The summed E-state index contributed by atoms with van der Waals surface area (Å²) in [5.74, 6) is -1.89. The van der Waals surface area contributed by atoms with Gasteiger partial charge in [-0.05, 0) is 41.7 Å². The zero-order valence-electron chi connectivity index (χ0n) is 17.7. The number of aromatic carboxylic acids is 1. The summed E-state index contributed by atoms with van der Waals surface area (Å²) in [5.41, 5.74) is 2.13. The van der Waals surface area contributed by atoms with Crippen LogP contribution in [-0.4, -0.2) is 21.5 Å². The molecular weight excluding hydrogens is 479 g/mol. The van der Waals surface area contributed by atoms with Gasteiger partial charge < -0.3 is 15.2 Å². The number of thioether (sulfide) groups is 1. The molecule has 9 heteroatoms. The molecule has 6 nitrogen and oxygen atoms in total. The number of para-hydroxylation sites is 2. The van der Waals surface area contributed by atoms with Crippen molar-refractivity contribution in [3.63, 3.8) is 0 Å². The quantitative estimate of drug-likeness (QED) is 0.298. The summed E-state index contributed by atoms with van der Waals surface area (Å²) in [6.45, 7) is 0. The SMILES string of the molecule is O=C([O-])c1cccc2c1N[C@@H](c1ccc(F)cc1)[C@@H]1C[C@@H](Sc3ccccc3[N+](=O)[O-])[C@@H](Cl)[C@@H]21. The number of carboxylic acid groups (broad SMARTS) is 1. The van der Waals surface area contributed by atoms with Gasteiger partial charge in [0.2, 0.25) is 0 Å². The molecule has 3 aromatic carbocycles. The van der Waals surface area contributed by atoms with E-state index in [1.54, 1.807) is 36.4 Å². The second kappa shape index (κ2) is 8.92. The number of nitro groups is 1. The fraction of sp³-hybridized carbons (Fsp3) is 0.240. The number of benzene rings is 3. The summed E-state index contributed by atoms with van der Waals surface area (Å²) in [5, 5.41) is 26.2. The van der Waals surface area contributed by atoms with Gasteiger partial charge in [0.15, 0.2) is 0 Å². The zero-order chi connectivity index (χ0) is 24.0. The third-order valence-electron chi connectivity index (χ3n) is 6.64. The lowest BCUT2D eigenvalue weighted by molar-refractivity contribution is -0.387. The minimum atomic E-state index is -1.30. The Morgan fingerprint density at radius 3 is 2.53 bits per heavy atom. The molecule has 0 amide bonds. The minimum Gasteiger partial charge on any atom is -0.545 e. The molecule has 0 spiro atoms. The van der Waals surface area contributed by atoms with Gasteiger partial charge in [0, 0.05) is 28.5 Å². The van der Waals surface area contributed by atoms with Crippen LogP contribution < -0.4 is 10.4 Å². The van der Waals surface area contributed by atoms with Gasteiger partial charge in [-0.1, -0.05) is 42.5 Å². The molecule has 1 N–H and O–H groups in total. The number of hydrogen-bond acceptors (Lipinski definition) is 6. The van der Waals surface area contributed by atoms with Crippen LogP contribution >= 0.6 is 23.4 Å². The molecule has 0 unspecified atom stereocenters. The van der Waals surface area contributed by atoms with Crippen LogP contribution in [0.2, 0.25) is 0 Å². The molecule has 1 aliphatic heterocycles. The third-order valence-corrected chi connectivity index (χ3v) is 8.75. The molecule has 5 atom stereocenters. The molecule has 34 heavy (non-hydrogen) atoms. The Bertz CT molecular complexity index is 1270. The zero-order valence-corrected chi connectivity index (χ0v) is 19.3. The van der Waals surface area contributed by atoms with Gasteiger partial charge in [-0.15, -0.1) is 23.4 Å². The van der Waals surface area contributed by atoms with Crippen molar-refractivity contribution < 1.29 is 19.2 Å². The number of carboxylic acids is 1. The summed E-state index contributed by atoms with van der Waals surface area (Å²) < 4.78 is 13.6. The summed E-state index contributed by atoms with van der Waals surface area (Å²) in [6, 6.07) is 17.4. The number of carbonyl (C=O) groups excluding carboxylic acids is 1. The highest BCUT2D eigenvalue weighted by Gasteiger charge is 2.50. The Labute approximate surface area is 204 Å². The van der Waals surface area contributed by atoms with Crippen molar-refractivity contribution >= 4 is 40.7 Å². The smallest absolute Gasteiger partial charge is 0.282 e. The molecule has 0 saturated heterocycles. The van der Waals surface area contributed by atoms with Gasteiger partial charge in [-0.2, -0.15) is 0 Å². The number of halogens is 2. The van der Waals surface area contributed by atoms with E-state index in [4.69, 9.17) is 11.6 Å². The topological polar surface area (TPSA) is 95.3 Å². The van der Waals surface area contributed by atoms with Gasteiger partial charge >= 0.3 is 0 Å². The maximum atomic E-state index is 13.6. The van der Waals surface area contributed by atoms with Crippen molar-refractivity contribution in [3.8, 4) is 0 Å². The van der Waals surface area contributed by atoms with Crippen LogP contribution in [0.15, 0.2) is 71.6 Å². The largest absolute Gasteiger partial charge is 0.545 e. The monoisotopic (exact) mass is 497 g/mol. The lowest BCUT2D eigenvalue weighted by Crippen LogP contribution is -2.33. The highest BCUT2D eigenvalue weighted by molar-refractivity contribution is 8.00. The van der Waals surface area contributed by atoms with E-state index in [0.29, 0.717) is 17.0 Å². The number of rotatable bonds is 5. The number of anilines is 1. The van der Waals surface area contributed by atoms with E-state index in [1.807, 2.05) is 6.07 Å². The number of alkyl halides is 1. The fourth-order valence-corrected chi connectivity index (χ4v) is 7.13. The Morgan fingerprint density at radius 1 is 1.09 bits per heavy atom. The molecule has 1 aliphatic carbocycles. The van der Waals surface area contributed by atoms with Crippen molar-refractivity contribution in [2.24, 2.45) is 5.92 Å². The average molecular weight is 498 g/mol. The molecule has 0 aromatic heterocycles. The Morgan fingerprint density at radius 2 is 1.82 bits per heavy atom. The Hall–Kier alpha value is -3.10. The Kier molecular flexibility index (Phi) is 5.95. The fourth-order valence-electron chi connectivity index (χ4n) is 5.18. The first-order valence-corrected chi connectivity index (χ1v) is 12.1. The lowest BCUT2D eigenvalue weighted by Gasteiger charge is -2.39. The van der Waals surface area contributed by atoms with Crippen LogP contribution in [0, 0.1) is 21.8 Å². The molecule has 174 valence electrons. The maximum absolute atomic E-state index is 13.6. The second-order valence-electron chi connectivity index (χ2n) is 8.48. The van der Waals surface area contributed by atoms with E-state index in [9.17, 15) is 24.4 Å². The molecule has 0 bridgehead atoms. The van der Waals surface area contributed by atoms with Crippen molar-refractivity contribution in [1.82, 2.24) is 0 Å². The first kappa shape index (κ1) is 22.7. The summed E-state index contributed by atoms with van der Waals surface area (Å²) >= 11 is 8.40. The lowest BCUT2D eigenvalue weighted by atomic mass is 9.76. The normalized spacial score (nSPS) is 25.2. The van der Waals surface area contributed by atoms with Gasteiger partial charge in [0.25, 0.3) is 5.69 Å². The first-order chi connectivity index (χ1) is 16.3. The number of carbonyl (C=O) groups is 1. The van der Waals surface area contributed by atoms with Gasteiger partial charge in [-0.25, -0.2) is 4.39 Å². The van der Waals surface area contributed by atoms with E-state index in [1.165, 1.54) is 36.0 Å². The van der Waals surface area contributed by atoms with E-state index >= 15 is 0 Å². The first-order valence-electron chi connectivity index (χ1n) is 10.8. The molecule has 1 fully saturated rings. The predicted octanol–water partition coefficient (Wildman–Crippen LogP) is 5.14. The van der Waals surface area contributed by atoms with E-state index < -0.39 is 16.3 Å². The predicted molar refractivity (Wildman–Crippen MR) is 127 cm³/mol. The van der Waals surface area contributed by atoms with Crippen LogP contribution in [0.4, 0.5) is 15.8 Å². The molecule has 0 radical (unpaired) electrons. The number of fused-ring (bicyclic) bond motifs is 3. The highest BCUT2D eigenvalue weighted by Crippen LogP contribution is 2.58. The van der Waals surface area contributed by atoms with Crippen molar-refractivity contribution in [2.45, 2.75) is 33.9 Å². The third kappa shape index (κ3) is 3.91. The van der Waals surface area contributed by atoms with Crippen molar-refractivity contribution in [3.05, 3.63) is 99.4 Å². The summed E-state index contributed by atoms with van der Waals surface area (Å²) in [7, 11) is 0. The number of nitrogens with one attached hydrogen (secondary N) is 1. The van der Waals surface area contributed by atoms with Gasteiger partial charge in [0.05, 0.1) is 27.2 Å². The van der Waals surface area contributed by atoms with Gasteiger partial charge in [-0.3, -0.25) is 10.1 Å². The van der Waals surface area contributed by atoms with Crippen molar-refractivity contribution in [1.29, 1.82) is 0 Å². The Balaban J connectivity index is 1.57. The molecular formula is C25H19ClFN2O4S-. The standard InChI is InChI=1S/C25H20ClFN2O4S/c26-22-20(34-19-7-2-1-6-18(19)29(32)33)12-17-21(22)15-4-3-5-16(25(30)31)24(15)28-23(17)13-8-10-14(27)11-9-13/h1-11,17,20-23,28H,12H2,(H,30,31)/p-1/t17-,20-,21+,22-,23+/m1/s1. The summed E-state index contributed by atoms with van der Waals surface area (Å²) in [4.78, 5) is 23.5. The molecule has 1 saturated carbocycles. The van der Waals surface area contributed by atoms with Crippen LogP contribution in [0.3, 0.4) is 0 Å².